The monoisotopic (exact) mass is 312 g/mol. The van der Waals surface area contributed by atoms with E-state index in [0.29, 0.717) is 6.42 Å². The predicted molar refractivity (Wildman–Crippen MR) is 74.7 cm³/mol. The molecule has 0 aliphatic rings. The van der Waals surface area contributed by atoms with Crippen LogP contribution in [-0.4, -0.2) is 24.5 Å². The normalized spacial score (nSPS) is 11.2. The summed E-state index contributed by atoms with van der Waals surface area (Å²) in [6.45, 7) is 0. The van der Waals surface area contributed by atoms with Gasteiger partial charge in [-0.3, -0.25) is 4.79 Å². The number of anilines is 1. The van der Waals surface area contributed by atoms with E-state index in [0.717, 1.165) is 16.9 Å². The van der Waals surface area contributed by atoms with Crippen molar-refractivity contribution in [1.82, 2.24) is 10.2 Å². The van der Waals surface area contributed by atoms with Gasteiger partial charge in [-0.2, -0.15) is 0 Å². The molecule has 0 unspecified atom stereocenters. The lowest BCUT2D eigenvalue weighted by molar-refractivity contribution is -0.116. The Morgan fingerprint density at radius 2 is 1.95 bits per heavy atom. The standard InChI is InChI=1S/C11H12N4O3S2/c12-20(17,18)11-15-14-10(19-11)13-9(16)7-6-8-4-2-1-3-5-8/h1-5H,6-7H2,(H2,12,17,18)(H,13,14,16). The number of carbonyl (C=O) groups is 1. The minimum absolute atomic E-state index is 0.118. The van der Waals surface area contributed by atoms with Crippen LogP contribution >= 0.6 is 11.3 Å². The molecule has 3 N–H and O–H groups in total. The molecule has 0 bridgehead atoms. The van der Waals surface area contributed by atoms with Crippen LogP contribution in [0.4, 0.5) is 5.13 Å². The molecule has 0 saturated carbocycles. The van der Waals surface area contributed by atoms with Crippen molar-refractivity contribution >= 4 is 32.4 Å². The fourth-order valence-corrected chi connectivity index (χ4v) is 2.81. The predicted octanol–water partition coefficient (Wildman–Crippen LogP) is 0.757. The minimum Gasteiger partial charge on any atom is -0.300 e. The van der Waals surface area contributed by atoms with E-state index in [4.69, 9.17) is 5.14 Å². The maximum Gasteiger partial charge on any atom is 0.267 e. The Bertz CT molecular complexity index is 697. The van der Waals surface area contributed by atoms with Crippen LogP contribution in [0.5, 0.6) is 0 Å². The number of nitrogens with two attached hydrogens (primary N) is 1. The van der Waals surface area contributed by atoms with Gasteiger partial charge >= 0.3 is 0 Å². The molecule has 1 aromatic carbocycles. The van der Waals surface area contributed by atoms with E-state index in [2.05, 4.69) is 15.5 Å². The molecule has 20 heavy (non-hydrogen) atoms. The van der Waals surface area contributed by atoms with Gasteiger partial charge < -0.3 is 5.32 Å². The highest BCUT2D eigenvalue weighted by molar-refractivity contribution is 7.91. The lowest BCUT2D eigenvalue weighted by Gasteiger charge is -2.01. The Labute approximate surface area is 119 Å². The van der Waals surface area contributed by atoms with Crippen molar-refractivity contribution in [1.29, 1.82) is 0 Å². The Hall–Kier alpha value is -1.84. The number of primary sulfonamides is 1. The van der Waals surface area contributed by atoms with Crippen molar-refractivity contribution < 1.29 is 13.2 Å². The summed E-state index contributed by atoms with van der Waals surface area (Å²) < 4.78 is 21.7. The van der Waals surface area contributed by atoms with Gasteiger partial charge in [0.05, 0.1) is 0 Å². The fraction of sp³-hybridized carbons (Fsp3) is 0.182. The molecule has 0 atom stereocenters. The second-order valence-corrected chi connectivity index (χ2v) is 6.66. The van der Waals surface area contributed by atoms with Gasteiger partial charge in [-0.1, -0.05) is 41.7 Å². The number of aromatic nitrogens is 2. The van der Waals surface area contributed by atoms with Crippen LogP contribution in [0.3, 0.4) is 0 Å². The maximum absolute atomic E-state index is 11.7. The molecule has 0 spiro atoms. The lowest BCUT2D eigenvalue weighted by atomic mass is 10.1. The molecule has 0 fully saturated rings. The zero-order valence-corrected chi connectivity index (χ0v) is 11.9. The van der Waals surface area contributed by atoms with Crippen molar-refractivity contribution in [2.45, 2.75) is 17.2 Å². The van der Waals surface area contributed by atoms with Crippen LogP contribution in [0.1, 0.15) is 12.0 Å². The molecule has 0 radical (unpaired) electrons. The lowest BCUT2D eigenvalue weighted by Crippen LogP contribution is -2.12. The summed E-state index contributed by atoms with van der Waals surface area (Å²) in [5.41, 5.74) is 1.05. The van der Waals surface area contributed by atoms with Gasteiger partial charge in [0.25, 0.3) is 10.0 Å². The number of sulfonamides is 1. The maximum atomic E-state index is 11.7. The van der Waals surface area contributed by atoms with Gasteiger partial charge in [0.1, 0.15) is 0 Å². The summed E-state index contributed by atoms with van der Waals surface area (Å²) in [6.07, 6.45) is 0.863. The Morgan fingerprint density at radius 3 is 2.55 bits per heavy atom. The molecule has 7 nitrogen and oxygen atoms in total. The van der Waals surface area contributed by atoms with Crippen LogP contribution in [0, 0.1) is 0 Å². The highest BCUT2D eigenvalue weighted by Crippen LogP contribution is 2.18. The number of carbonyl (C=O) groups excluding carboxylic acids is 1. The summed E-state index contributed by atoms with van der Waals surface area (Å²) >= 11 is 0.723. The van der Waals surface area contributed by atoms with E-state index < -0.39 is 10.0 Å². The van der Waals surface area contributed by atoms with Gasteiger partial charge in [0.15, 0.2) is 0 Å². The van der Waals surface area contributed by atoms with Crippen molar-refractivity contribution in [3.8, 4) is 0 Å². The molecule has 2 rings (SSSR count). The number of nitrogens with zero attached hydrogens (tertiary/aromatic N) is 2. The molecule has 1 amide bonds. The zero-order valence-electron chi connectivity index (χ0n) is 10.3. The first-order chi connectivity index (χ1) is 9.45. The summed E-state index contributed by atoms with van der Waals surface area (Å²) in [7, 11) is -3.88. The van der Waals surface area contributed by atoms with E-state index in [9.17, 15) is 13.2 Å². The highest BCUT2D eigenvalue weighted by Gasteiger charge is 2.16. The molecule has 9 heteroatoms. The molecule has 0 saturated heterocycles. The first-order valence-electron chi connectivity index (χ1n) is 5.65. The number of amides is 1. The number of aryl methyl sites for hydroxylation is 1. The number of nitrogens with one attached hydrogen (secondary N) is 1. The SMILES string of the molecule is NS(=O)(=O)c1nnc(NC(=O)CCc2ccccc2)s1. The largest absolute Gasteiger partial charge is 0.300 e. The van der Waals surface area contributed by atoms with Crippen LogP contribution in [0.2, 0.25) is 0 Å². The molecule has 0 aliphatic carbocycles. The molecular formula is C11H12N4O3S2. The first-order valence-corrected chi connectivity index (χ1v) is 8.01. The molecule has 2 aromatic rings. The average Bonchev–Trinajstić information content (AvgIpc) is 2.86. The molecular weight excluding hydrogens is 300 g/mol. The van der Waals surface area contributed by atoms with Crippen LogP contribution in [0.15, 0.2) is 34.7 Å². The fourth-order valence-electron chi connectivity index (χ4n) is 1.46. The van der Waals surface area contributed by atoms with Crippen LogP contribution < -0.4 is 10.5 Å². The smallest absolute Gasteiger partial charge is 0.267 e. The highest BCUT2D eigenvalue weighted by atomic mass is 32.2. The number of hydrogen-bond acceptors (Lipinski definition) is 6. The topological polar surface area (TPSA) is 115 Å². The van der Waals surface area contributed by atoms with E-state index >= 15 is 0 Å². The van der Waals surface area contributed by atoms with E-state index in [1.54, 1.807) is 0 Å². The van der Waals surface area contributed by atoms with Gasteiger partial charge in [0, 0.05) is 6.42 Å². The summed E-state index contributed by atoms with van der Waals surface area (Å²) in [6, 6.07) is 9.56. The van der Waals surface area contributed by atoms with Crippen LogP contribution in [-0.2, 0) is 21.2 Å². The van der Waals surface area contributed by atoms with E-state index in [1.807, 2.05) is 30.3 Å². The summed E-state index contributed by atoms with van der Waals surface area (Å²) in [5, 5.41) is 14.5. The van der Waals surface area contributed by atoms with Gasteiger partial charge in [-0.15, -0.1) is 10.2 Å². The number of hydrogen-bond donors (Lipinski definition) is 2. The van der Waals surface area contributed by atoms with Gasteiger partial charge in [0.2, 0.25) is 15.4 Å². The van der Waals surface area contributed by atoms with E-state index in [1.165, 1.54) is 0 Å². The van der Waals surface area contributed by atoms with Crippen molar-refractivity contribution in [2.24, 2.45) is 5.14 Å². The van der Waals surface area contributed by atoms with Crippen molar-refractivity contribution in [3.63, 3.8) is 0 Å². The Morgan fingerprint density at radius 1 is 1.25 bits per heavy atom. The Balaban J connectivity index is 1.90. The van der Waals surface area contributed by atoms with E-state index in [-0.39, 0.29) is 21.8 Å². The van der Waals surface area contributed by atoms with Crippen LogP contribution in [0.25, 0.3) is 0 Å². The third-order valence-electron chi connectivity index (χ3n) is 2.38. The van der Waals surface area contributed by atoms with Gasteiger partial charge in [-0.05, 0) is 12.0 Å². The second-order valence-electron chi connectivity index (χ2n) is 3.95. The van der Waals surface area contributed by atoms with Crippen molar-refractivity contribution in [3.05, 3.63) is 35.9 Å². The molecule has 0 aliphatic heterocycles. The minimum atomic E-state index is -3.88. The number of rotatable bonds is 5. The second kappa shape index (κ2) is 6.07. The molecule has 1 aromatic heterocycles. The van der Waals surface area contributed by atoms with Crippen molar-refractivity contribution in [2.75, 3.05) is 5.32 Å². The summed E-state index contributed by atoms with van der Waals surface area (Å²) in [5.74, 6) is -0.258. The molecule has 106 valence electrons. The van der Waals surface area contributed by atoms with Gasteiger partial charge in [-0.25, -0.2) is 13.6 Å². The Kier molecular flexibility index (Phi) is 4.42. The third-order valence-corrected chi connectivity index (χ3v) is 4.53. The first kappa shape index (κ1) is 14.6. The average molecular weight is 312 g/mol. The third kappa shape index (κ3) is 4.08. The summed E-state index contributed by atoms with van der Waals surface area (Å²) in [4.78, 5) is 11.7. The quantitative estimate of drug-likeness (QED) is 0.791. The zero-order chi connectivity index (χ0) is 14.6. The number of benzene rings is 1. The molecule has 1 heterocycles.